The molecule has 0 aromatic heterocycles. The van der Waals surface area contributed by atoms with Crippen LogP contribution < -0.4 is 0 Å². The Morgan fingerprint density at radius 1 is 1.21 bits per heavy atom. The minimum Gasteiger partial charge on any atom is -0.481 e. The summed E-state index contributed by atoms with van der Waals surface area (Å²) >= 11 is 0. The zero-order valence-corrected chi connectivity index (χ0v) is 8.62. The number of hydrogen-bond acceptors (Lipinski definition) is 3. The molecule has 0 saturated heterocycles. The Hall–Kier alpha value is -0.900. The Kier molecular flexibility index (Phi) is 8.13. The number of carbonyl (C=O) groups excluding carboxylic acids is 1. The Labute approximate surface area is 84.3 Å². The van der Waals surface area contributed by atoms with Gasteiger partial charge in [0, 0.05) is 19.6 Å². The number of carbonyl (C=O) groups is 2. The van der Waals surface area contributed by atoms with Crippen molar-refractivity contribution in [2.24, 2.45) is 0 Å². The maximum absolute atomic E-state index is 10.9. The normalized spacial score (nSPS) is 10.1. The van der Waals surface area contributed by atoms with Crippen molar-refractivity contribution in [2.75, 3.05) is 13.2 Å². The number of hydrogen-bond donors (Lipinski definition) is 1. The quantitative estimate of drug-likeness (QED) is 0.456. The summed E-state index contributed by atoms with van der Waals surface area (Å²) in [7, 11) is 0. The van der Waals surface area contributed by atoms with Gasteiger partial charge in [-0.2, -0.15) is 0 Å². The van der Waals surface area contributed by atoms with Gasteiger partial charge in [0.2, 0.25) is 0 Å². The first-order valence-electron chi connectivity index (χ1n) is 4.98. The van der Waals surface area contributed by atoms with E-state index < -0.39 is 5.97 Å². The van der Waals surface area contributed by atoms with Gasteiger partial charge in [0.1, 0.15) is 12.2 Å². The molecule has 0 atom stereocenters. The highest BCUT2D eigenvalue weighted by Crippen LogP contribution is 1.97. The van der Waals surface area contributed by atoms with Gasteiger partial charge in [-0.05, 0) is 12.8 Å². The second kappa shape index (κ2) is 8.69. The van der Waals surface area contributed by atoms with Gasteiger partial charge >= 0.3 is 5.97 Å². The Bertz CT molecular complexity index is 177. The maximum atomic E-state index is 10.9. The molecule has 0 spiro atoms. The largest absolute Gasteiger partial charge is 0.481 e. The number of Topliss-reactive ketones (excluding diaryl/α,β-unsaturated/α-hetero) is 1. The van der Waals surface area contributed by atoms with Crippen LogP contribution in [0.25, 0.3) is 0 Å². The summed E-state index contributed by atoms with van der Waals surface area (Å²) in [6.45, 7) is 3.36. The van der Waals surface area contributed by atoms with Crippen molar-refractivity contribution >= 4 is 11.8 Å². The van der Waals surface area contributed by atoms with Crippen LogP contribution in [0.15, 0.2) is 0 Å². The van der Waals surface area contributed by atoms with E-state index in [1.54, 1.807) is 0 Å². The van der Waals surface area contributed by atoms with Crippen molar-refractivity contribution in [3.05, 3.63) is 0 Å². The molecule has 0 aliphatic carbocycles. The molecule has 14 heavy (non-hydrogen) atoms. The predicted octanol–water partition coefficient (Wildman–Crippen LogP) is 1.63. The highest BCUT2D eigenvalue weighted by Gasteiger charge is 2.06. The molecular formula is C10H18O4. The lowest BCUT2D eigenvalue weighted by molar-refractivity contribution is -0.140. The predicted molar refractivity (Wildman–Crippen MR) is 52.2 cm³/mol. The van der Waals surface area contributed by atoms with Crippen molar-refractivity contribution in [2.45, 2.75) is 39.0 Å². The molecule has 0 aliphatic rings. The fraction of sp³-hybridized carbons (Fsp3) is 0.800. The molecule has 0 aliphatic heterocycles. The Morgan fingerprint density at radius 2 is 1.86 bits per heavy atom. The van der Waals surface area contributed by atoms with Crippen LogP contribution in [0.3, 0.4) is 0 Å². The van der Waals surface area contributed by atoms with E-state index in [0.29, 0.717) is 19.4 Å². The summed E-state index contributed by atoms with van der Waals surface area (Å²) in [5.41, 5.74) is 0. The number of carboxylic acid groups (broad SMARTS) is 1. The monoisotopic (exact) mass is 202 g/mol. The van der Waals surface area contributed by atoms with Crippen LogP contribution in [-0.2, 0) is 14.3 Å². The molecular weight excluding hydrogens is 184 g/mol. The highest BCUT2D eigenvalue weighted by atomic mass is 16.5. The van der Waals surface area contributed by atoms with Crippen LogP contribution in [0, 0.1) is 0 Å². The van der Waals surface area contributed by atoms with Gasteiger partial charge in [-0.3, -0.25) is 9.59 Å². The number of unbranched alkanes of at least 4 members (excludes halogenated alkanes) is 1. The summed E-state index contributed by atoms with van der Waals surface area (Å²) in [6, 6.07) is 0. The van der Waals surface area contributed by atoms with Crippen molar-refractivity contribution in [1.29, 1.82) is 0 Å². The first kappa shape index (κ1) is 13.1. The topological polar surface area (TPSA) is 63.6 Å². The van der Waals surface area contributed by atoms with Crippen molar-refractivity contribution < 1.29 is 19.4 Å². The molecule has 4 nitrogen and oxygen atoms in total. The van der Waals surface area contributed by atoms with Crippen LogP contribution in [0.5, 0.6) is 0 Å². The van der Waals surface area contributed by atoms with Crippen molar-refractivity contribution in [3.8, 4) is 0 Å². The van der Waals surface area contributed by atoms with Gasteiger partial charge in [-0.15, -0.1) is 0 Å². The number of ketones is 1. The third-order valence-corrected chi connectivity index (χ3v) is 1.73. The molecule has 0 aromatic rings. The summed E-state index contributed by atoms with van der Waals surface area (Å²) < 4.78 is 5.23. The number of aliphatic carboxylic acids is 1. The molecule has 0 unspecified atom stereocenters. The van der Waals surface area contributed by atoms with E-state index in [0.717, 1.165) is 19.4 Å². The molecule has 82 valence electrons. The van der Waals surface area contributed by atoms with Gasteiger partial charge in [0.25, 0.3) is 0 Å². The Morgan fingerprint density at radius 3 is 2.43 bits per heavy atom. The standard InChI is InChI=1S/C10H18O4/c1-2-3-6-14-7-4-5-9(11)8-10(12)13/h2-8H2,1H3,(H,12,13). The summed E-state index contributed by atoms with van der Waals surface area (Å²) in [5.74, 6) is -1.28. The number of rotatable bonds is 9. The van der Waals surface area contributed by atoms with Gasteiger partial charge in [0.15, 0.2) is 0 Å². The summed E-state index contributed by atoms with van der Waals surface area (Å²) in [4.78, 5) is 21.0. The van der Waals surface area contributed by atoms with Crippen LogP contribution in [0.4, 0.5) is 0 Å². The van der Waals surface area contributed by atoms with Gasteiger partial charge in [-0.25, -0.2) is 0 Å². The molecule has 0 radical (unpaired) electrons. The SMILES string of the molecule is CCCCOCCCC(=O)CC(=O)O. The van der Waals surface area contributed by atoms with Crippen LogP contribution >= 0.6 is 0 Å². The van der Waals surface area contributed by atoms with E-state index in [2.05, 4.69) is 6.92 Å². The van der Waals surface area contributed by atoms with Crippen molar-refractivity contribution in [1.82, 2.24) is 0 Å². The molecule has 0 fully saturated rings. The van der Waals surface area contributed by atoms with E-state index in [4.69, 9.17) is 9.84 Å². The maximum Gasteiger partial charge on any atom is 0.310 e. The van der Waals surface area contributed by atoms with Crippen LogP contribution in [-0.4, -0.2) is 30.1 Å². The fourth-order valence-corrected chi connectivity index (χ4v) is 0.977. The molecule has 0 rings (SSSR count). The molecule has 0 aromatic carbocycles. The summed E-state index contributed by atoms with van der Waals surface area (Å²) in [5, 5.41) is 8.30. The Balaban J connectivity index is 3.19. The number of ether oxygens (including phenoxy) is 1. The first-order chi connectivity index (χ1) is 6.66. The minimum absolute atomic E-state index is 0.225. The molecule has 1 N–H and O–H groups in total. The average Bonchev–Trinajstić information content (AvgIpc) is 2.10. The lowest BCUT2D eigenvalue weighted by Crippen LogP contribution is -2.07. The van der Waals surface area contributed by atoms with Crippen molar-refractivity contribution in [3.63, 3.8) is 0 Å². The van der Waals surface area contributed by atoms with Gasteiger partial charge < -0.3 is 9.84 Å². The van der Waals surface area contributed by atoms with E-state index >= 15 is 0 Å². The number of carboxylic acids is 1. The second-order valence-electron chi connectivity index (χ2n) is 3.18. The first-order valence-corrected chi connectivity index (χ1v) is 4.98. The van der Waals surface area contributed by atoms with Crippen LogP contribution in [0.1, 0.15) is 39.0 Å². The molecule has 0 heterocycles. The summed E-state index contributed by atoms with van der Waals surface area (Å²) in [6.07, 6.45) is 2.68. The molecule has 0 amide bonds. The lowest BCUT2D eigenvalue weighted by atomic mass is 10.2. The van der Waals surface area contributed by atoms with Gasteiger partial charge in [-0.1, -0.05) is 13.3 Å². The smallest absolute Gasteiger partial charge is 0.310 e. The van der Waals surface area contributed by atoms with E-state index in [1.807, 2.05) is 0 Å². The zero-order chi connectivity index (χ0) is 10.8. The zero-order valence-electron chi connectivity index (χ0n) is 8.62. The highest BCUT2D eigenvalue weighted by molar-refractivity contribution is 5.94. The van der Waals surface area contributed by atoms with Crippen LogP contribution in [0.2, 0.25) is 0 Å². The van der Waals surface area contributed by atoms with E-state index in [1.165, 1.54) is 0 Å². The average molecular weight is 202 g/mol. The van der Waals surface area contributed by atoms with Gasteiger partial charge in [0.05, 0.1) is 0 Å². The second-order valence-corrected chi connectivity index (χ2v) is 3.18. The fourth-order valence-electron chi connectivity index (χ4n) is 0.977. The minimum atomic E-state index is -1.05. The van der Waals surface area contributed by atoms with E-state index in [-0.39, 0.29) is 12.2 Å². The third kappa shape index (κ3) is 9.19. The molecule has 4 heteroatoms. The lowest BCUT2D eigenvalue weighted by Gasteiger charge is -2.01. The third-order valence-electron chi connectivity index (χ3n) is 1.73. The molecule has 0 saturated carbocycles. The molecule has 0 bridgehead atoms. The van der Waals surface area contributed by atoms with E-state index in [9.17, 15) is 9.59 Å².